The summed E-state index contributed by atoms with van der Waals surface area (Å²) < 4.78 is 3.09. The van der Waals surface area contributed by atoms with Crippen molar-refractivity contribution in [3.8, 4) is 0 Å². The molecule has 0 radical (unpaired) electrons. The second kappa shape index (κ2) is 3.02. The molecular formula is C10H5ClSe2. The third kappa shape index (κ3) is 1.18. The van der Waals surface area contributed by atoms with Crippen molar-refractivity contribution in [1.82, 2.24) is 0 Å². The third-order valence-electron chi connectivity index (χ3n) is 2.13. The summed E-state index contributed by atoms with van der Waals surface area (Å²) in [6.07, 6.45) is 0. The fourth-order valence-corrected chi connectivity index (χ4v) is 9.26. The SMILES string of the molecule is Clc1ccc2c3c(cccc13)[Se][Se]2. The van der Waals surface area contributed by atoms with E-state index in [1.165, 1.54) is 10.8 Å². The van der Waals surface area contributed by atoms with Gasteiger partial charge in [-0.15, -0.1) is 0 Å². The molecule has 0 saturated carbocycles. The first-order valence-electron chi connectivity index (χ1n) is 3.92. The van der Waals surface area contributed by atoms with E-state index < -0.39 is 0 Å². The minimum atomic E-state index is 0.694. The molecule has 13 heavy (non-hydrogen) atoms. The van der Waals surface area contributed by atoms with Gasteiger partial charge in [-0.2, -0.15) is 0 Å². The molecule has 0 fully saturated rings. The van der Waals surface area contributed by atoms with Gasteiger partial charge >= 0.3 is 92.9 Å². The van der Waals surface area contributed by atoms with Crippen molar-refractivity contribution in [2.45, 2.75) is 0 Å². The van der Waals surface area contributed by atoms with Crippen LogP contribution in [0, 0.1) is 0 Å². The molecule has 0 saturated heterocycles. The van der Waals surface area contributed by atoms with Gasteiger partial charge in [-0.25, -0.2) is 0 Å². The summed E-state index contributed by atoms with van der Waals surface area (Å²) in [7, 11) is 0. The van der Waals surface area contributed by atoms with Gasteiger partial charge in [-0.05, 0) is 0 Å². The second-order valence-electron chi connectivity index (χ2n) is 2.89. The van der Waals surface area contributed by atoms with Gasteiger partial charge in [-0.1, -0.05) is 0 Å². The van der Waals surface area contributed by atoms with Gasteiger partial charge in [0.2, 0.25) is 0 Å². The van der Waals surface area contributed by atoms with Crippen LogP contribution in [-0.4, -0.2) is 26.3 Å². The van der Waals surface area contributed by atoms with Gasteiger partial charge in [0.15, 0.2) is 0 Å². The van der Waals surface area contributed by atoms with Gasteiger partial charge in [0.1, 0.15) is 0 Å². The Hall–Kier alpha value is 0.0290. The summed E-state index contributed by atoms with van der Waals surface area (Å²) in [5, 5.41) is 3.60. The fourth-order valence-electron chi connectivity index (χ4n) is 1.53. The van der Waals surface area contributed by atoms with Crippen molar-refractivity contribution in [3.05, 3.63) is 35.4 Å². The average Bonchev–Trinajstić information content (AvgIpc) is 2.57. The van der Waals surface area contributed by atoms with E-state index in [-0.39, 0.29) is 0 Å². The zero-order chi connectivity index (χ0) is 8.84. The van der Waals surface area contributed by atoms with Crippen LogP contribution in [0.15, 0.2) is 30.3 Å². The molecule has 0 bridgehead atoms. The van der Waals surface area contributed by atoms with Crippen molar-refractivity contribution in [3.63, 3.8) is 0 Å². The molecule has 3 rings (SSSR count). The molecule has 0 aliphatic carbocycles. The van der Waals surface area contributed by atoms with E-state index in [1.807, 2.05) is 6.07 Å². The first-order chi connectivity index (χ1) is 6.36. The predicted molar refractivity (Wildman–Crippen MR) is 59.7 cm³/mol. The molecule has 0 spiro atoms. The normalized spacial score (nSPS) is 13.9. The molecule has 3 heteroatoms. The Morgan fingerprint density at radius 1 is 0.923 bits per heavy atom. The summed E-state index contributed by atoms with van der Waals surface area (Å²) >= 11 is 7.53. The topological polar surface area (TPSA) is 0 Å². The zero-order valence-corrected chi connectivity index (χ0v) is 10.8. The van der Waals surface area contributed by atoms with Crippen LogP contribution in [0.3, 0.4) is 0 Å². The molecule has 0 nitrogen and oxygen atoms in total. The summed E-state index contributed by atoms with van der Waals surface area (Å²) in [6.45, 7) is 0. The van der Waals surface area contributed by atoms with Crippen LogP contribution in [0.25, 0.3) is 10.8 Å². The Bertz CT molecular complexity index is 483. The van der Waals surface area contributed by atoms with Crippen LogP contribution >= 0.6 is 11.6 Å². The maximum atomic E-state index is 6.14. The molecular weight excluding hydrogens is 313 g/mol. The Balaban J connectivity index is 2.58. The number of hydrogen-bond acceptors (Lipinski definition) is 0. The predicted octanol–water partition coefficient (Wildman–Crippen LogP) is 1.08. The number of rotatable bonds is 0. The molecule has 0 N–H and O–H groups in total. The van der Waals surface area contributed by atoms with Gasteiger partial charge in [0.25, 0.3) is 0 Å². The van der Waals surface area contributed by atoms with Gasteiger partial charge in [0, 0.05) is 0 Å². The van der Waals surface area contributed by atoms with Crippen LogP contribution in [0.2, 0.25) is 5.02 Å². The van der Waals surface area contributed by atoms with E-state index in [9.17, 15) is 0 Å². The van der Waals surface area contributed by atoms with Crippen molar-refractivity contribution in [2.75, 3.05) is 0 Å². The summed E-state index contributed by atoms with van der Waals surface area (Å²) in [5.74, 6) is 0. The summed E-state index contributed by atoms with van der Waals surface area (Å²) in [6, 6.07) is 10.7. The van der Waals surface area contributed by atoms with E-state index in [0.29, 0.717) is 26.3 Å². The Kier molecular flexibility index (Phi) is 1.94. The van der Waals surface area contributed by atoms with Crippen molar-refractivity contribution in [2.24, 2.45) is 0 Å². The Labute approximate surface area is 92.5 Å². The monoisotopic (exact) mass is 320 g/mol. The van der Waals surface area contributed by atoms with E-state index in [4.69, 9.17) is 11.6 Å². The first-order valence-corrected chi connectivity index (χ1v) is 10.3. The van der Waals surface area contributed by atoms with E-state index in [1.54, 1.807) is 8.92 Å². The second-order valence-corrected chi connectivity index (χ2v) is 9.48. The Morgan fingerprint density at radius 3 is 2.54 bits per heavy atom. The number of hydrogen-bond donors (Lipinski definition) is 0. The molecule has 0 aromatic heterocycles. The quantitative estimate of drug-likeness (QED) is 0.638. The van der Waals surface area contributed by atoms with Crippen LogP contribution in [0.5, 0.6) is 0 Å². The van der Waals surface area contributed by atoms with Crippen LogP contribution in [-0.2, 0) is 0 Å². The summed E-state index contributed by atoms with van der Waals surface area (Å²) in [4.78, 5) is 0. The molecule has 2 aromatic rings. The molecule has 2 aromatic carbocycles. The molecule has 1 heterocycles. The molecule has 1 aliphatic heterocycles. The van der Waals surface area contributed by atoms with Gasteiger partial charge < -0.3 is 0 Å². The first kappa shape index (κ1) is 8.35. The minimum absolute atomic E-state index is 0.694. The van der Waals surface area contributed by atoms with Crippen molar-refractivity contribution in [1.29, 1.82) is 0 Å². The van der Waals surface area contributed by atoms with Crippen molar-refractivity contribution < 1.29 is 0 Å². The van der Waals surface area contributed by atoms with Crippen molar-refractivity contribution >= 4 is 57.6 Å². The number of benzene rings is 2. The molecule has 0 atom stereocenters. The molecule has 1 aliphatic rings. The summed E-state index contributed by atoms with van der Waals surface area (Å²) in [5.41, 5.74) is 0. The fraction of sp³-hybridized carbons (Fsp3) is 0. The van der Waals surface area contributed by atoms with E-state index >= 15 is 0 Å². The van der Waals surface area contributed by atoms with Crippen LogP contribution in [0.1, 0.15) is 0 Å². The standard InChI is InChI=1S/C10H5ClSe2/c11-7-4-5-9-10-6(7)2-1-3-8(10)12-13-9/h1-5H. The third-order valence-corrected chi connectivity index (χ3v) is 9.64. The molecule has 64 valence electrons. The van der Waals surface area contributed by atoms with E-state index in [2.05, 4.69) is 24.3 Å². The maximum absolute atomic E-state index is 6.14. The van der Waals surface area contributed by atoms with Gasteiger partial charge in [0.05, 0.1) is 0 Å². The number of halogens is 1. The Morgan fingerprint density at radius 2 is 1.69 bits per heavy atom. The van der Waals surface area contributed by atoms with Crippen LogP contribution < -0.4 is 8.92 Å². The van der Waals surface area contributed by atoms with Gasteiger partial charge in [-0.3, -0.25) is 0 Å². The van der Waals surface area contributed by atoms with Crippen LogP contribution in [0.4, 0.5) is 0 Å². The van der Waals surface area contributed by atoms with E-state index in [0.717, 1.165) is 5.02 Å². The molecule has 0 unspecified atom stereocenters. The average molecular weight is 319 g/mol. The zero-order valence-electron chi connectivity index (χ0n) is 6.58. The molecule has 0 amide bonds.